The van der Waals surface area contributed by atoms with Gasteiger partial charge < -0.3 is 24.8 Å². The lowest BCUT2D eigenvalue weighted by Gasteiger charge is -2.45. The fourth-order valence-corrected chi connectivity index (χ4v) is 5.37. The standard InChI is InChI=1S/C27H36N4O4/c1-19-9-8-10-21(17-19)24(32)28-23(20(2)35-4)25(33)30-15-13-27(14-16-30)26(34)29(3)18-31(27)22-11-6-5-7-12-22/h5-6,8-11,17,20,23H,7,12-16,18H2,1-4H3,(H,28,32). The second-order valence-corrected chi connectivity index (χ2v) is 9.82. The number of carbonyl (C=O) groups excluding carboxylic acids is 3. The van der Waals surface area contributed by atoms with E-state index in [1.54, 1.807) is 28.9 Å². The first-order chi connectivity index (χ1) is 16.8. The first-order valence-corrected chi connectivity index (χ1v) is 12.3. The number of aryl methyl sites for hydroxylation is 1. The molecule has 0 bridgehead atoms. The van der Waals surface area contributed by atoms with Gasteiger partial charge in [0.1, 0.15) is 11.6 Å². The fraction of sp³-hybridized carbons (Fsp3) is 0.519. The highest BCUT2D eigenvalue weighted by molar-refractivity contribution is 5.98. The van der Waals surface area contributed by atoms with Gasteiger partial charge in [0.05, 0.1) is 12.8 Å². The zero-order valence-corrected chi connectivity index (χ0v) is 21.1. The summed E-state index contributed by atoms with van der Waals surface area (Å²) in [5, 5.41) is 2.89. The lowest BCUT2D eigenvalue weighted by atomic mass is 9.84. The van der Waals surface area contributed by atoms with Crippen LogP contribution in [0.2, 0.25) is 0 Å². The zero-order chi connectivity index (χ0) is 25.2. The largest absolute Gasteiger partial charge is 0.379 e. The summed E-state index contributed by atoms with van der Waals surface area (Å²) in [6.07, 6.45) is 8.81. The van der Waals surface area contributed by atoms with E-state index in [-0.39, 0.29) is 17.7 Å². The van der Waals surface area contributed by atoms with Gasteiger partial charge in [0.25, 0.3) is 5.91 Å². The maximum absolute atomic E-state index is 13.6. The number of nitrogens with one attached hydrogen (secondary N) is 1. The van der Waals surface area contributed by atoms with E-state index in [2.05, 4.69) is 28.4 Å². The van der Waals surface area contributed by atoms with Crippen molar-refractivity contribution in [3.63, 3.8) is 0 Å². The van der Waals surface area contributed by atoms with Crippen molar-refractivity contribution in [2.45, 2.75) is 57.2 Å². The van der Waals surface area contributed by atoms with Gasteiger partial charge in [-0.3, -0.25) is 14.4 Å². The average molecular weight is 481 g/mol. The fourth-order valence-electron chi connectivity index (χ4n) is 5.37. The Hall–Kier alpha value is -3.13. The van der Waals surface area contributed by atoms with Gasteiger partial charge in [0.2, 0.25) is 11.8 Å². The lowest BCUT2D eigenvalue weighted by Crippen LogP contribution is -2.60. The van der Waals surface area contributed by atoms with Crippen molar-refractivity contribution in [3.8, 4) is 0 Å². The third-order valence-electron chi connectivity index (χ3n) is 7.53. The molecule has 1 spiro atoms. The number of hydrogen-bond acceptors (Lipinski definition) is 5. The molecule has 0 radical (unpaired) electrons. The number of hydrogen-bond donors (Lipinski definition) is 1. The number of likely N-dealkylation sites (tertiary alicyclic amines) is 1. The summed E-state index contributed by atoms with van der Waals surface area (Å²) >= 11 is 0. The maximum atomic E-state index is 13.6. The highest BCUT2D eigenvalue weighted by atomic mass is 16.5. The second-order valence-electron chi connectivity index (χ2n) is 9.82. The first kappa shape index (κ1) is 25.0. The second kappa shape index (κ2) is 10.2. The van der Waals surface area contributed by atoms with Gasteiger partial charge in [-0.15, -0.1) is 0 Å². The van der Waals surface area contributed by atoms with Crippen LogP contribution in [0.25, 0.3) is 0 Å². The van der Waals surface area contributed by atoms with Crippen LogP contribution in [-0.4, -0.2) is 84.0 Å². The summed E-state index contributed by atoms with van der Waals surface area (Å²) in [4.78, 5) is 45.6. The van der Waals surface area contributed by atoms with Gasteiger partial charge in [-0.2, -0.15) is 0 Å². The van der Waals surface area contributed by atoms with Crippen LogP contribution in [0.15, 0.2) is 48.2 Å². The molecule has 188 valence electrons. The van der Waals surface area contributed by atoms with E-state index in [0.29, 0.717) is 38.2 Å². The van der Waals surface area contributed by atoms with Crippen molar-refractivity contribution in [2.24, 2.45) is 0 Å². The number of allylic oxidation sites excluding steroid dienone is 4. The van der Waals surface area contributed by atoms with Crippen LogP contribution in [0, 0.1) is 6.92 Å². The molecule has 1 aromatic rings. The SMILES string of the molecule is COC(C)C(NC(=O)c1cccc(C)c1)C(=O)N1CCC2(CC1)C(=O)N(C)CN2C1=CC=CCC1. The normalized spacial score (nSPS) is 21.2. The molecule has 1 aliphatic carbocycles. The molecule has 0 aromatic heterocycles. The van der Waals surface area contributed by atoms with Crippen LogP contribution in [0.3, 0.4) is 0 Å². The van der Waals surface area contributed by atoms with E-state index in [9.17, 15) is 14.4 Å². The molecule has 2 aliphatic heterocycles. The molecule has 35 heavy (non-hydrogen) atoms. The van der Waals surface area contributed by atoms with Crippen LogP contribution in [0.5, 0.6) is 0 Å². The summed E-state index contributed by atoms with van der Waals surface area (Å²) in [7, 11) is 3.38. The molecule has 4 rings (SSSR count). The summed E-state index contributed by atoms with van der Waals surface area (Å²) in [6, 6.07) is 6.46. The molecule has 2 unspecified atom stereocenters. The van der Waals surface area contributed by atoms with Crippen LogP contribution >= 0.6 is 0 Å². The number of amides is 3. The Balaban J connectivity index is 1.48. The quantitative estimate of drug-likeness (QED) is 0.677. The molecule has 3 amide bonds. The van der Waals surface area contributed by atoms with Crippen LogP contribution in [0.4, 0.5) is 0 Å². The van der Waals surface area contributed by atoms with Crippen molar-refractivity contribution in [1.29, 1.82) is 0 Å². The first-order valence-electron chi connectivity index (χ1n) is 12.3. The van der Waals surface area contributed by atoms with Gasteiger partial charge in [-0.25, -0.2) is 0 Å². The molecule has 2 atom stereocenters. The van der Waals surface area contributed by atoms with Gasteiger partial charge >= 0.3 is 0 Å². The Kier molecular flexibility index (Phi) is 7.31. The summed E-state index contributed by atoms with van der Waals surface area (Å²) < 4.78 is 5.46. The minimum atomic E-state index is -0.814. The van der Waals surface area contributed by atoms with Gasteiger partial charge in [0, 0.05) is 38.5 Å². The maximum Gasteiger partial charge on any atom is 0.252 e. The minimum Gasteiger partial charge on any atom is -0.379 e. The summed E-state index contributed by atoms with van der Waals surface area (Å²) in [6.45, 7) is 5.18. The van der Waals surface area contributed by atoms with Gasteiger partial charge in [-0.1, -0.05) is 29.8 Å². The molecule has 8 nitrogen and oxygen atoms in total. The topological polar surface area (TPSA) is 82.2 Å². The smallest absolute Gasteiger partial charge is 0.252 e. The number of ether oxygens (including phenoxy) is 1. The van der Waals surface area contributed by atoms with Crippen LogP contribution < -0.4 is 5.32 Å². The van der Waals surface area contributed by atoms with Gasteiger partial charge in [-0.05, 0) is 57.7 Å². The minimum absolute atomic E-state index is 0.120. The van der Waals surface area contributed by atoms with E-state index >= 15 is 0 Å². The van der Waals surface area contributed by atoms with Crippen LogP contribution in [-0.2, 0) is 14.3 Å². The Morgan fingerprint density at radius 2 is 1.94 bits per heavy atom. The average Bonchev–Trinajstić information content (AvgIpc) is 3.12. The van der Waals surface area contributed by atoms with Crippen molar-refractivity contribution in [1.82, 2.24) is 20.0 Å². The van der Waals surface area contributed by atoms with E-state index in [4.69, 9.17) is 4.74 Å². The molecule has 2 fully saturated rings. The zero-order valence-electron chi connectivity index (χ0n) is 21.1. The van der Waals surface area contributed by atoms with Crippen molar-refractivity contribution in [3.05, 3.63) is 59.3 Å². The summed E-state index contributed by atoms with van der Waals surface area (Å²) in [5.74, 6) is -0.365. The predicted molar refractivity (Wildman–Crippen MR) is 133 cm³/mol. The molecular weight excluding hydrogens is 444 g/mol. The van der Waals surface area contributed by atoms with E-state index in [1.165, 1.54) is 12.8 Å². The molecule has 2 heterocycles. The number of benzene rings is 1. The molecule has 1 N–H and O–H groups in total. The Labute approximate surface area is 207 Å². The third-order valence-corrected chi connectivity index (χ3v) is 7.53. The number of rotatable bonds is 6. The Morgan fingerprint density at radius 1 is 1.20 bits per heavy atom. The molecule has 2 saturated heterocycles. The predicted octanol–water partition coefficient (Wildman–Crippen LogP) is 2.45. The van der Waals surface area contributed by atoms with E-state index in [0.717, 1.165) is 18.4 Å². The lowest BCUT2D eigenvalue weighted by molar-refractivity contribution is -0.143. The van der Waals surface area contributed by atoms with Crippen molar-refractivity contribution in [2.75, 3.05) is 33.9 Å². The van der Waals surface area contributed by atoms with E-state index < -0.39 is 17.7 Å². The molecular formula is C27H36N4O4. The van der Waals surface area contributed by atoms with Crippen molar-refractivity contribution >= 4 is 17.7 Å². The summed E-state index contributed by atoms with van der Waals surface area (Å²) in [5.41, 5.74) is 2.05. The molecule has 0 saturated carbocycles. The number of carbonyl (C=O) groups is 3. The number of likely N-dealkylation sites (N-methyl/N-ethyl adjacent to an activating group) is 1. The Morgan fingerprint density at radius 3 is 2.57 bits per heavy atom. The molecule has 8 heteroatoms. The van der Waals surface area contributed by atoms with Crippen LogP contribution in [0.1, 0.15) is 48.5 Å². The highest BCUT2D eigenvalue weighted by Gasteiger charge is 2.53. The number of piperidine rings is 1. The Bertz CT molecular complexity index is 1040. The molecule has 1 aromatic carbocycles. The van der Waals surface area contributed by atoms with Gasteiger partial charge in [0.15, 0.2) is 0 Å². The third kappa shape index (κ3) is 4.85. The molecule has 3 aliphatic rings. The van der Waals surface area contributed by atoms with Crippen molar-refractivity contribution < 1.29 is 19.1 Å². The van der Waals surface area contributed by atoms with E-state index in [1.807, 2.05) is 26.1 Å². The number of methoxy groups -OCH3 is 1. The monoisotopic (exact) mass is 480 g/mol. The highest BCUT2D eigenvalue weighted by Crippen LogP contribution is 2.39. The number of nitrogens with zero attached hydrogens (tertiary/aromatic N) is 3.